The Kier molecular flexibility index (Phi) is 2.78. The zero-order valence-corrected chi connectivity index (χ0v) is 8.95. The second-order valence-corrected chi connectivity index (χ2v) is 3.75. The van der Waals surface area contributed by atoms with Gasteiger partial charge in [-0.3, -0.25) is 0 Å². The minimum Gasteiger partial charge on any atom is -0.393 e. The van der Waals surface area contributed by atoms with Gasteiger partial charge in [-0.15, -0.1) is 0 Å². The minimum atomic E-state index is 0.495. The molecule has 0 radical (unpaired) electrons. The molecule has 0 unspecified atom stereocenters. The summed E-state index contributed by atoms with van der Waals surface area (Å²) in [7, 11) is 0. The molecule has 0 saturated carbocycles. The zero-order valence-electron chi connectivity index (χ0n) is 8.13. The quantitative estimate of drug-likeness (QED) is 0.796. The molecule has 0 aliphatic rings. The van der Waals surface area contributed by atoms with E-state index in [1.54, 1.807) is 6.20 Å². The number of benzene rings is 1. The average Bonchev–Trinajstić information content (AvgIpc) is 2.70. The first-order chi connectivity index (χ1) is 7.27. The Hall–Kier alpha value is -1.68. The van der Waals surface area contributed by atoms with Gasteiger partial charge < -0.3 is 5.73 Å². The molecule has 0 saturated heterocycles. The highest BCUT2D eigenvalue weighted by Crippen LogP contribution is 2.13. The van der Waals surface area contributed by atoms with Gasteiger partial charge in [-0.1, -0.05) is 30.4 Å². The minimum absolute atomic E-state index is 0.495. The van der Waals surface area contributed by atoms with E-state index in [0.29, 0.717) is 11.4 Å². The van der Waals surface area contributed by atoms with E-state index in [1.165, 1.54) is 0 Å². The highest BCUT2D eigenvalue weighted by atomic mass is 32.1. The number of para-hydroxylation sites is 1. The smallest absolute Gasteiger partial charge is 0.0772 e. The van der Waals surface area contributed by atoms with Crippen molar-refractivity contribution in [1.82, 2.24) is 9.78 Å². The van der Waals surface area contributed by atoms with Crippen LogP contribution in [0.25, 0.3) is 5.69 Å². The van der Waals surface area contributed by atoms with Crippen molar-refractivity contribution in [2.45, 2.75) is 6.42 Å². The van der Waals surface area contributed by atoms with Crippen LogP contribution in [0, 0.1) is 0 Å². The van der Waals surface area contributed by atoms with Crippen LogP contribution in [0.5, 0.6) is 0 Å². The van der Waals surface area contributed by atoms with E-state index >= 15 is 0 Å². The molecule has 2 aromatic rings. The molecule has 0 amide bonds. The zero-order chi connectivity index (χ0) is 10.7. The number of hydrogen-bond acceptors (Lipinski definition) is 2. The molecule has 1 heterocycles. The summed E-state index contributed by atoms with van der Waals surface area (Å²) in [5.41, 5.74) is 7.66. The summed E-state index contributed by atoms with van der Waals surface area (Å²) < 4.78 is 1.81. The van der Waals surface area contributed by atoms with Gasteiger partial charge in [0.05, 0.1) is 10.7 Å². The van der Waals surface area contributed by atoms with Crippen LogP contribution in [0.3, 0.4) is 0 Å². The summed E-state index contributed by atoms with van der Waals surface area (Å²) >= 11 is 4.91. The molecule has 76 valence electrons. The van der Waals surface area contributed by atoms with Crippen LogP contribution >= 0.6 is 12.2 Å². The third-order valence-corrected chi connectivity index (χ3v) is 2.25. The van der Waals surface area contributed by atoms with Crippen molar-refractivity contribution in [1.29, 1.82) is 0 Å². The summed E-state index contributed by atoms with van der Waals surface area (Å²) in [6.45, 7) is 0. The average molecular weight is 217 g/mol. The first-order valence-electron chi connectivity index (χ1n) is 4.63. The highest BCUT2D eigenvalue weighted by molar-refractivity contribution is 7.80. The molecule has 4 heteroatoms. The van der Waals surface area contributed by atoms with Crippen LogP contribution in [0.1, 0.15) is 5.56 Å². The van der Waals surface area contributed by atoms with Crippen molar-refractivity contribution in [3.63, 3.8) is 0 Å². The van der Waals surface area contributed by atoms with Gasteiger partial charge in [-0.2, -0.15) is 5.10 Å². The van der Waals surface area contributed by atoms with Gasteiger partial charge in [-0.05, 0) is 17.7 Å². The molecular weight excluding hydrogens is 206 g/mol. The maximum atomic E-state index is 5.55. The van der Waals surface area contributed by atoms with E-state index in [1.807, 2.05) is 41.2 Å². The Balaban J connectivity index is 2.42. The monoisotopic (exact) mass is 217 g/mol. The van der Waals surface area contributed by atoms with Gasteiger partial charge in [0.2, 0.25) is 0 Å². The molecule has 3 nitrogen and oxygen atoms in total. The van der Waals surface area contributed by atoms with Crippen LogP contribution < -0.4 is 5.73 Å². The SMILES string of the molecule is NC(=S)Cc1ccccc1-n1cccn1. The maximum absolute atomic E-state index is 5.55. The molecule has 15 heavy (non-hydrogen) atoms. The van der Waals surface area contributed by atoms with Gasteiger partial charge in [0.15, 0.2) is 0 Å². The van der Waals surface area contributed by atoms with Gasteiger partial charge in [0, 0.05) is 18.8 Å². The van der Waals surface area contributed by atoms with Crippen LogP contribution in [0.4, 0.5) is 0 Å². The molecule has 0 aliphatic carbocycles. The largest absolute Gasteiger partial charge is 0.393 e. The lowest BCUT2D eigenvalue weighted by atomic mass is 10.1. The third-order valence-electron chi connectivity index (χ3n) is 2.11. The molecule has 0 bridgehead atoms. The number of hydrogen-bond donors (Lipinski definition) is 1. The lowest BCUT2D eigenvalue weighted by Crippen LogP contribution is -2.13. The number of nitrogens with zero attached hydrogens (tertiary/aromatic N) is 2. The topological polar surface area (TPSA) is 43.8 Å². The molecule has 0 atom stereocenters. The van der Waals surface area contributed by atoms with E-state index in [2.05, 4.69) is 5.10 Å². The Morgan fingerprint density at radius 3 is 2.80 bits per heavy atom. The van der Waals surface area contributed by atoms with E-state index in [-0.39, 0.29) is 0 Å². The second-order valence-electron chi connectivity index (χ2n) is 3.22. The van der Waals surface area contributed by atoms with Crippen molar-refractivity contribution >= 4 is 17.2 Å². The molecule has 2 rings (SSSR count). The fourth-order valence-corrected chi connectivity index (χ4v) is 1.64. The molecular formula is C11H11N3S. The van der Waals surface area contributed by atoms with Crippen LogP contribution in [-0.2, 0) is 6.42 Å². The Labute approximate surface area is 93.5 Å². The molecule has 1 aromatic carbocycles. The summed E-state index contributed by atoms with van der Waals surface area (Å²) in [5, 5.41) is 4.19. The van der Waals surface area contributed by atoms with E-state index in [9.17, 15) is 0 Å². The molecule has 1 aromatic heterocycles. The molecule has 0 aliphatic heterocycles. The van der Waals surface area contributed by atoms with Gasteiger partial charge >= 0.3 is 0 Å². The van der Waals surface area contributed by atoms with E-state index in [4.69, 9.17) is 18.0 Å². The van der Waals surface area contributed by atoms with Crippen LogP contribution in [0.15, 0.2) is 42.7 Å². The fourth-order valence-electron chi connectivity index (χ4n) is 1.48. The number of rotatable bonds is 3. The first kappa shape index (κ1) is 9.86. The van der Waals surface area contributed by atoms with Crippen molar-refractivity contribution in [2.24, 2.45) is 5.73 Å². The lowest BCUT2D eigenvalue weighted by Gasteiger charge is -2.08. The standard InChI is InChI=1S/C11H11N3S/c12-11(15)8-9-4-1-2-5-10(9)14-7-3-6-13-14/h1-7H,8H2,(H2,12,15). The van der Waals surface area contributed by atoms with Crippen molar-refractivity contribution in [3.8, 4) is 5.69 Å². The number of aromatic nitrogens is 2. The Morgan fingerprint density at radius 2 is 2.13 bits per heavy atom. The number of nitrogens with two attached hydrogens (primary N) is 1. The van der Waals surface area contributed by atoms with Crippen molar-refractivity contribution in [2.75, 3.05) is 0 Å². The van der Waals surface area contributed by atoms with E-state index in [0.717, 1.165) is 11.3 Å². The van der Waals surface area contributed by atoms with Crippen molar-refractivity contribution in [3.05, 3.63) is 48.3 Å². The summed E-state index contributed by atoms with van der Waals surface area (Å²) in [4.78, 5) is 0.495. The fraction of sp³-hybridized carbons (Fsp3) is 0.0909. The lowest BCUT2D eigenvalue weighted by molar-refractivity contribution is 0.870. The Bertz CT molecular complexity index is 462. The molecule has 2 N–H and O–H groups in total. The predicted octanol–water partition coefficient (Wildman–Crippen LogP) is 1.70. The Morgan fingerprint density at radius 1 is 1.33 bits per heavy atom. The predicted molar refractivity (Wildman–Crippen MR) is 64.1 cm³/mol. The number of thiocarbonyl (C=S) groups is 1. The summed E-state index contributed by atoms with van der Waals surface area (Å²) in [6, 6.07) is 9.84. The molecule has 0 fully saturated rings. The van der Waals surface area contributed by atoms with Crippen LogP contribution in [0.2, 0.25) is 0 Å². The summed E-state index contributed by atoms with van der Waals surface area (Å²) in [5.74, 6) is 0. The second kappa shape index (κ2) is 4.23. The van der Waals surface area contributed by atoms with E-state index < -0.39 is 0 Å². The van der Waals surface area contributed by atoms with Crippen LogP contribution in [-0.4, -0.2) is 14.8 Å². The normalized spacial score (nSPS) is 10.1. The third kappa shape index (κ3) is 2.22. The first-order valence-corrected chi connectivity index (χ1v) is 5.04. The highest BCUT2D eigenvalue weighted by Gasteiger charge is 2.04. The maximum Gasteiger partial charge on any atom is 0.0772 e. The van der Waals surface area contributed by atoms with Crippen molar-refractivity contribution < 1.29 is 0 Å². The van der Waals surface area contributed by atoms with Gasteiger partial charge in [0.25, 0.3) is 0 Å². The molecule has 0 spiro atoms. The van der Waals surface area contributed by atoms with Gasteiger partial charge in [-0.25, -0.2) is 4.68 Å². The van der Waals surface area contributed by atoms with Gasteiger partial charge in [0.1, 0.15) is 0 Å². The summed E-state index contributed by atoms with van der Waals surface area (Å²) in [6.07, 6.45) is 4.25.